The number of rotatable bonds is 3. The van der Waals surface area contributed by atoms with Crippen LogP contribution in [0.5, 0.6) is 0 Å². The zero-order valence-electron chi connectivity index (χ0n) is 37.3. The van der Waals surface area contributed by atoms with E-state index >= 15 is 0 Å². The van der Waals surface area contributed by atoms with Crippen LogP contribution < -0.4 is 0 Å². The van der Waals surface area contributed by atoms with Crippen molar-refractivity contribution in [1.29, 1.82) is 0 Å². The van der Waals surface area contributed by atoms with Gasteiger partial charge in [0.15, 0.2) is 0 Å². The van der Waals surface area contributed by atoms with Crippen LogP contribution in [0, 0.1) is 0 Å². The molecular weight excluding hydrogens is 520 g/mol. The first kappa shape index (κ1) is 13.5. The predicted octanol–water partition coefficient (Wildman–Crippen LogP) is 12.0. The van der Waals surface area contributed by atoms with Crippen molar-refractivity contribution < 1.29 is 25.0 Å². The summed E-state index contributed by atoms with van der Waals surface area (Å²) in [5.41, 5.74) is 0.244. The van der Waals surface area contributed by atoms with Crippen molar-refractivity contribution in [1.82, 2.24) is 0 Å². The molecule has 9 aromatic rings. The molecule has 43 heavy (non-hydrogen) atoms. The maximum atomic E-state index is 9.45. The van der Waals surface area contributed by atoms with E-state index in [0.29, 0.717) is 16.7 Å². The van der Waals surface area contributed by atoms with Crippen LogP contribution in [0.25, 0.3) is 87.6 Å². The molecule has 0 N–H and O–H groups in total. The van der Waals surface area contributed by atoms with Crippen LogP contribution in [0.4, 0.5) is 0 Å². The summed E-state index contributed by atoms with van der Waals surface area (Å²) in [6.45, 7) is 0. The molecule has 0 amide bonds. The number of para-hydroxylation sites is 1. The molecule has 0 atom stereocenters. The minimum atomic E-state index is -0.717. The topological polar surface area (TPSA) is 13.1 Å². The summed E-state index contributed by atoms with van der Waals surface area (Å²) in [6.07, 6.45) is 0. The summed E-state index contributed by atoms with van der Waals surface area (Å²) >= 11 is 0. The quantitative estimate of drug-likeness (QED) is 0.196. The van der Waals surface area contributed by atoms with Gasteiger partial charge in [0, 0.05) is 10.8 Å². The maximum Gasteiger partial charge on any atom is 0.136 e. The first-order valence-corrected chi connectivity index (χ1v) is 13.6. The molecule has 0 radical (unpaired) electrons. The van der Waals surface area contributed by atoms with Crippen LogP contribution in [0.1, 0.15) is 20.6 Å². The number of benzene rings is 8. The van der Waals surface area contributed by atoms with E-state index in [1.807, 2.05) is 42.5 Å². The van der Waals surface area contributed by atoms with E-state index in [9.17, 15) is 6.85 Å². The molecule has 1 aromatic heterocycles. The van der Waals surface area contributed by atoms with Gasteiger partial charge in [-0.1, -0.05) is 139 Å². The molecule has 0 fully saturated rings. The molecule has 9 rings (SSSR count). The zero-order chi connectivity index (χ0) is 41.4. The third-order valence-corrected chi connectivity index (χ3v) is 7.83. The molecule has 0 spiro atoms. The molecule has 1 heteroatoms. The predicted molar refractivity (Wildman–Crippen MR) is 183 cm³/mol. The van der Waals surface area contributed by atoms with Crippen LogP contribution in [0.3, 0.4) is 0 Å². The summed E-state index contributed by atoms with van der Waals surface area (Å²) < 4.78 is 141. The third-order valence-electron chi connectivity index (χ3n) is 7.83. The van der Waals surface area contributed by atoms with Gasteiger partial charge in [-0.25, -0.2) is 0 Å². The monoisotopic (exact) mass is 561 g/mol. The maximum absolute atomic E-state index is 9.45. The van der Waals surface area contributed by atoms with Gasteiger partial charge < -0.3 is 4.42 Å². The minimum Gasteiger partial charge on any atom is -0.456 e. The lowest BCUT2D eigenvalue weighted by atomic mass is 9.83. The molecule has 1 heterocycles. The zero-order valence-corrected chi connectivity index (χ0v) is 22.3. The molecule has 0 aliphatic rings. The largest absolute Gasteiger partial charge is 0.456 e. The second kappa shape index (κ2) is 9.44. The van der Waals surface area contributed by atoms with Crippen molar-refractivity contribution in [2.75, 3.05) is 0 Å². The molecule has 200 valence electrons. The van der Waals surface area contributed by atoms with Crippen LogP contribution in [0.15, 0.2) is 162 Å². The van der Waals surface area contributed by atoms with Crippen LogP contribution >= 0.6 is 0 Å². The van der Waals surface area contributed by atoms with Crippen molar-refractivity contribution in [3.8, 4) is 33.4 Å². The van der Waals surface area contributed by atoms with E-state index < -0.39 is 96.2 Å². The van der Waals surface area contributed by atoms with Gasteiger partial charge in [0.1, 0.15) is 11.2 Å². The number of hydrogen-bond acceptors (Lipinski definition) is 1. The Hall–Kier alpha value is -5.66. The third kappa shape index (κ3) is 3.65. The highest BCUT2D eigenvalue weighted by Gasteiger charge is 2.21. The standard InChI is InChI=1S/C42H26O/c1-2-13-28-26-29(25-24-27(28)12-1)30-14-3-4-15-31(30)40-32-16-5-7-18-34(32)41(35-19-8-6-17-33(35)40)37-21-11-23-39-42(37)36-20-9-10-22-38(36)43-39/h1-26H/i5D,6D,7D,8D,9D,10D,11D,16D,17D,18D,19D,20D,21D,22D,23D. The van der Waals surface area contributed by atoms with Crippen molar-refractivity contribution in [2.45, 2.75) is 0 Å². The Morgan fingerprint density at radius 2 is 0.977 bits per heavy atom. The van der Waals surface area contributed by atoms with E-state index in [0.717, 1.165) is 10.8 Å². The Balaban J connectivity index is 1.61. The first-order chi connectivity index (χ1) is 27.6. The number of fused-ring (bicyclic) bond motifs is 6. The lowest BCUT2D eigenvalue weighted by molar-refractivity contribution is 0.669. The molecule has 8 aromatic carbocycles. The normalized spacial score (nSPS) is 16.6. The van der Waals surface area contributed by atoms with Gasteiger partial charge in [0.05, 0.1) is 20.6 Å². The Labute approximate surface area is 270 Å². The van der Waals surface area contributed by atoms with E-state index in [1.165, 1.54) is 0 Å². The van der Waals surface area contributed by atoms with Crippen LogP contribution in [-0.2, 0) is 0 Å². The van der Waals surface area contributed by atoms with Gasteiger partial charge in [-0.15, -0.1) is 0 Å². The van der Waals surface area contributed by atoms with E-state index in [1.54, 1.807) is 24.3 Å². The van der Waals surface area contributed by atoms with Crippen molar-refractivity contribution >= 4 is 54.3 Å². The Kier molecular flexibility index (Phi) is 2.97. The van der Waals surface area contributed by atoms with E-state index in [4.69, 9.17) is 18.1 Å². The highest BCUT2D eigenvalue weighted by atomic mass is 16.3. The van der Waals surface area contributed by atoms with Crippen molar-refractivity contribution in [3.05, 3.63) is 157 Å². The van der Waals surface area contributed by atoms with Crippen LogP contribution in [0.2, 0.25) is 0 Å². The fraction of sp³-hybridized carbons (Fsp3) is 0. The second-order valence-corrected chi connectivity index (χ2v) is 10.1. The second-order valence-electron chi connectivity index (χ2n) is 10.1. The smallest absolute Gasteiger partial charge is 0.136 e. The van der Waals surface area contributed by atoms with Crippen LogP contribution in [-0.4, -0.2) is 0 Å². The highest BCUT2D eigenvalue weighted by molar-refractivity contribution is 6.26. The summed E-state index contributed by atoms with van der Waals surface area (Å²) in [6, 6.07) is 10.8. The molecule has 0 aliphatic heterocycles. The Morgan fingerprint density at radius 3 is 1.70 bits per heavy atom. The van der Waals surface area contributed by atoms with Gasteiger partial charge >= 0.3 is 0 Å². The fourth-order valence-corrected chi connectivity index (χ4v) is 6.00. The number of furan rings is 1. The van der Waals surface area contributed by atoms with E-state index in [2.05, 4.69) is 0 Å². The van der Waals surface area contributed by atoms with Gasteiger partial charge in [-0.05, 0) is 83.8 Å². The summed E-state index contributed by atoms with van der Waals surface area (Å²) in [4.78, 5) is 0. The Morgan fingerprint density at radius 1 is 0.419 bits per heavy atom. The van der Waals surface area contributed by atoms with E-state index in [-0.39, 0.29) is 54.6 Å². The minimum absolute atomic E-state index is 0.0569. The summed E-state index contributed by atoms with van der Waals surface area (Å²) in [7, 11) is 0. The molecule has 0 unspecified atom stereocenters. The molecule has 0 saturated heterocycles. The number of hydrogen-bond donors (Lipinski definition) is 0. The molecule has 1 nitrogen and oxygen atoms in total. The van der Waals surface area contributed by atoms with Gasteiger partial charge in [0.25, 0.3) is 0 Å². The lowest BCUT2D eigenvalue weighted by Crippen LogP contribution is -1.93. The first-order valence-electron chi connectivity index (χ1n) is 21.1. The summed E-state index contributed by atoms with van der Waals surface area (Å²) in [5, 5.41) is 0.499. The Bertz CT molecular complexity index is 3270. The SMILES string of the molecule is [2H]c1c([2H])c([2H])c2c(oc3c([2H])c([2H])c([2H])c(-c4c5c([2H])c([2H])c([2H])c([2H])c5c(-c5ccccc5-c5ccc6ccccc6c5)c5c([2H])c([2H])c([2H])c([2H])c45)c32)c1[2H]. The lowest BCUT2D eigenvalue weighted by Gasteiger charge is -2.20. The van der Waals surface area contributed by atoms with Gasteiger partial charge in [-0.3, -0.25) is 0 Å². The van der Waals surface area contributed by atoms with Gasteiger partial charge in [-0.2, -0.15) is 0 Å². The van der Waals surface area contributed by atoms with Gasteiger partial charge in [0.2, 0.25) is 0 Å². The molecule has 0 saturated carbocycles. The summed E-state index contributed by atoms with van der Waals surface area (Å²) in [5.74, 6) is 0. The molecular formula is C42H26O. The van der Waals surface area contributed by atoms with Crippen molar-refractivity contribution in [3.63, 3.8) is 0 Å². The highest BCUT2D eigenvalue weighted by Crippen LogP contribution is 2.48. The average molecular weight is 562 g/mol. The molecule has 0 bridgehead atoms. The fourth-order valence-electron chi connectivity index (χ4n) is 6.00. The molecule has 0 aliphatic carbocycles. The average Bonchev–Trinajstić information content (AvgIpc) is 3.63. The van der Waals surface area contributed by atoms with Crippen molar-refractivity contribution in [2.24, 2.45) is 0 Å².